The van der Waals surface area contributed by atoms with Gasteiger partial charge in [0.2, 0.25) is 5.88 Å². The minimum atomic E-state index is 0.622. The molecule has 2 aromatic rings. The van der Waals surface area contributed by atoms with E-state index in [0.717, 1.165) is 17.1 Å². The summed E-state index contributed by atoms with van der Waals surface area (Å²) in [6.07, 6.45) is 0. The van der Waals surface area contributed by atoms with Crippen LogP contribution in [0.1, 0.15) is 5.69 Å². The van der Waals surface area contributed by atoms with Crippen molar-refractivity contribution >= 4 is 5.69 Å². The van der Waals surface area contributed by atoms with E-state index in [2.05, 4.69) is 10.3 Å². The Hall–Kier alpha value is -2.03. The molecule has 1 aromatic heterocycles. The van der Waals surface area contributed by atoms with E-state index in [1.54, 1.807) is 0 Å². The molecule has 0 amide bonds. The quantitative estimate of drug-likeness (QED) is 0.851. The summed E-state index contributed by atoms with van der Waals surface area (Å²) in [6.45, 7) is 1.94. The minimum absolute atomic E-state index is 0.622. The monoisotopic (exact) mass is 214 g/mol. The van der Waals surface area contributed by atoms with Crippen molar-refractivity contribution in [1.29, 1.82) is 0 Å². The van der Waals surface area contributed by atoms with E-state index in [4.69, 9.17) is 4.74 Å². The number of nitrogens with one attached hydrogen (secondary N) is 1. The maximum Gasteiger partial charge on any atom is 0.219 e. The molecular formula is C13H14N2O. The molecule has 0 atom stereocenters. The van der Waals surface area contributed by atoms with Crippen LogP contribution in [0.15, 0.2) is 42.5 Å². The zero-order valence-electron chi connectivity index (χ0n) is 9.40. The zero-order chi connectivity index (χ0) is 11.4. The Bertz CT molecular complexity index is 466. The first-order chi connectivity index (χ1) is 7.78. The summed E-state index contributed by atoms with van der Waals surface area (Å²) in [5.74, 6) is 1.41. The van der Waals surface area contributed by atoms with Crippen molar-refractivity contribution in [3.8, 4) is 11.6 Å². The van der Waals surface area contributed by atoms with Crippen LogP contribution in [-0.4, -0.2) is 12.0 Å². The second-order valence-electron chi connectivity index (χ2n) is 3.49. The predicted molar refractivity (Wildman–Crippen MR) is 65.0 cm³/mol. The molecule has 1 heterocycles. The van der Waals surface area contributed by atoms with Crippen LogP contribution in [0.3, 0.4) is 0 Å². The zero-order valence-corrected chi connectivity index (χ0v) is 9.40. The third-order valence-electron chi connectivity index (χ3n) is 2.23. The van der Waals surface area contributed by atoms with E-state index in [9.17, 15) is 0 Å². The molecule has 3 nitrogen and oxygen atoms in total. The number of aromatic nitrogens is 1. The number of aryl methyl sites for hydroxylation is 1. The molecule has 0 fully saturated rings. The standard InChI is InChI=1S/C13H14N2O/c1-10-4-3-5-13(15-10)16-12-8-6-11(14-2)7-9-12/h3-9,14H,1-2H3. The van der Waals surface area contributed by atoms with Gasteiger partial charge in [0.05, 0.1) is 0 Å². The van der Waals surface area contributed by atoms with E-state index in [-0.39, 0.29) is 0 Å². The first-order valence-electron chi connectivity index (χ1n) is 5.17. The van der Waals surface area contributed by atoms with Crippen molar-refractivity contribution in [3.05, 3.63) is 48.2 Å². The second kappa shape index (κ2) is 4.66. The smallest absolute Gasteiger partial charge is 0.219 e. The first kappa shape index (κ1) is 10.5. The maximum absolute atomic E-state index is 5.62. The highest BCUT2D eigenvalue weighted by Gasteiger charge is 1.98. The second-order valence-corrected chi connectivity index (χ2v) is 3.49. The van der Waals surface area contributed by atoms with E-state index in [1.807, 2.05) is 56.4 Å². The molecule has 0 aliphatic rings. The van der Waals surface area contributed by atoms with Gasteiger partial charge in [0.1, 0.15) is 5.75 Å². The number of pyridine rings is 1. The van der Waals surface area contributed by atoms with Gasteiger partial charge >= 0.3 is 0 Å². The highest BCUT2D eigenvalue weighted by molar-refractivity contribution is 5.46. The van der Waals surface area contributed by atoms with Crippen LogP contribution in [-0.2, 0) is 0 Å². The van der Waals surface area contributed by atoms with Crippen LogP contribution in [0.4, 0.5) is 5.69 Å². The Morgan fingerprint density at radius 2 is 1.81 bits per heavy atom. The van der Waals surface area contributed by atoms with Crippen LogP contribution < -0.4 is 10.1 Å². The SMILES string of the molecule is CNc1ccc(Oc2cccc(C)n2)cc1. The lowest BCUT2D eigenvalue weighted by molar-refractivity contribution is 0.462. The summed E-state index contributed by atoms with van der Waals surface area (Å²) in [5, 5.41) is 3.06. The maximum atomic E-state index is 5.62. The average molecular weight is 214 g/mol. The number of anilines is 1. The molecular weight excluding hydrogens is 200 g/mol. The van der Waals surface area contributed by atoms with Crippen LogP contribution in [0.2, 0.25) is 0 Å². The van der Waals surface area contributed by atoms with Crippen LogP contribution in [0.5, 0.6) is 11.6 Å². The van der Waals surface area contributed by atoms with Crippen LogP contribution in [0, 0.1) is 6.92 Å². The fourth-order valence-electron chi connectivity index (χ4n) is 1.39. The molecule has 0 bridgehead atoms. The van der Waals surface area contributed by atoms with Gasteiger partial charge in [-0.25, -0.2) is 4.98 Å². The number of nitrogens with zero attached hydrogens (tertiary/aromatic N) is 1. The molecule has 0 radical (unpaired) electrons. The number of hydrogen-bond donors (Lipinski definition) is 1. The molecule has 16 heavy (non-hydrogen) atoms. The number of ether oxygens (including phenoxy) is 1. The molecule has 0 saturated heterocycles. The van der Waals surface area contributed by atoms with Gasteiger partial charge in [-0.1, -0.05) is 6.07 Å². The van der Waals surface area contributed by atoms with E-state index >= 15 is 0 Å². The van der Waals surface area contributed by atoms with Gasteiger partial charge in [-0.05, 0) is 37.3 Å². The summed E-state index contributed by atoms with van der Waals surface area (Å²) < 4.78 is 5.62. The molecule has 0 unspecified atom stereocenters. The summed E-state index contributed by atoms with van der Waals surface area (Å²) in [5.41, 5.74) is 2.01. The fourth-order valence-corrected chi connectivity index (χ4v) is 1.39. The minimum Gasteiger partial charge on any atom is -0.439 e. The topological polar surface area (TPSA) is 34.1 Å². The van der Waals surface area contributed by atoms with Crippen LogP contribution >= 0.6 is 0 Å². The first-order valence-corrected chi connectivity index (χ1v) is 5.17. The molecule has 0 saturated carbocycles. The summed E-state index contributed by atoms with van der Waals surface area (Å²) in [6, 6.07) is 13.5. The lowest BCUT2D eigenvalue weighted by atomic mass is 10.3. The van der Waals surface area contributed by atoms with Crippen molar-refractivity contribution in [1.82, 2.24) is 4.98 Å². The van der Waals surface area contributed by atoms with E-state index in [0.29, 0.717) is 5.88 Å². The molecule has 1 N–H and O–H groups in total. The Kier molecular flexibility index (Phi) is 3.05. The van der Waals surface area contributed by atoms with Crippen molar-refractivity contribution in [2.75, 3.05) is 12.4 Å². The molecule has 3 heteroatoms. The van der Waals surface area contributed by atoms with E-state index in [1.165, 1.54) is 0 Å². The van der Waals surface area contributed by atoms with Gasteiger partial charge in [0.25, 0.3) is 0 Å². The Morgan fingerprint density at radius 3 is 2.44 bits per heavy atom. The number of rotatable bonds is 3. The predicted octanol–water partition coefficient (Wildman–Crippen LogP) is 3.22. The van der Waals surface area contributed by atoms with Crippen molar-refractivity contribution in [3.63, 3.8) is 0 Å². The number of benzene rings is 1. The Morgan fingerprint density at radius 1 is 1.06 bits per heavy atom. The normalized spacial score (nSPS) is 9.88. The molecule has 0 aliphatic carbocycles. The molecule has 0 spiro atoms. The highest BCUT2D eigenvalue weighted by Crippen LogP contribution is 2.21. The van der Waals surface area contributed by atoms with Gasteiger partial charge in [0.15, 0.2) is 0 Å². The lowest BCUT2D eigenvalue weighted by Gasteiger charge is -2.06. The van der Waals surface area contributed by atoms with Gasteiger partial charge in [-0.2, -0.15) is 0 Å². The summed E-state index contributed by atoms with van der Waals surface area (Å²) in [7, 11) is 1.89. The van der Waals surface area contributed by atoms with Gasteiger partial charge < -0.3 is 10.1 Å². The van der Waals surface area contributed by atoms with Gasteiger partial charge in [-0.15, -0.1) is 0 Å². The number of hydrogen-bond acceptors (Lipinski definition) is 3. The Labute approximate surface area is 95.1 Å². The van der Waals surface area contributed by atoms with Crippen molar-refractivity contribution < 1.29 is 4.74 Å². The molecule has 0 aliphatic heterocycles. The van der Waals surface area contributed by atoms with Crippen molar-refractivity contribution in [2.24, 2.45) is 0 Å². The van der Waals surface area contributed by atoms with E-state index < -0.39 is 0 Å². The third-order valence-corrected chi connectivity index (χ3v) is 2.23. The summed E-state index contributed by atoms with van der Waals surface area (Å²) in [4.78, 5) is 4.27. The lowest BCUT2D eigenvalue weighted by Crippen LogP contribution is -1.90. The largest absolute Gasteiger partial charge is 0.439 e. The fraction of sp³-hybridized carbons (Fsp3) is 0.154. The highest BCUT2D eigenvalue weighted by atomic mass is 16.5. The molecule has 2 rings (SSSR count). The molecule has 82 valence electrons. The van der Waals surface area contributed by atoms with Gasteiger partial charge in [-0.3, -0.25) is 0 Å². The van der Waals surface area contributed by atoms with Crippen molar-refractivity contribution in [2.45, 2.75) is 6.92 Å². The third kappa shape index (κ3) is 2.51. The van der Waals surface area contributed by atoms with Crippen LogP contribution in [0.25, 0.3) is 0 Å². The Balaban J connectivity index is 2.14. The molecule has 1 aromatic carbocycles. The average Bonchev–Trinajstić information content (AvgIpc) is 2.30. The summed E-state index contributed by atoms with van der Waals surface area (Å²) >= 11 is 0. The van der Waals surface area contributed by atoms with Gasteiger partial charge in [0, 0.05) is 24.5 Å².